The lowest BCUT2D eigenvalue weighted by Gasteiger charge is -2.34. The fourth-order valence-corrected chi connectivity index (χ4v) is 3.31. The SMILES string of the molecule is CNC(=O)CC1CN(CC(=O)N2CCCC2)Cc2ccnn21.O=C(O)C(F)(F)F. The lowest BCUT2D eigenvalue weighted by molar-refractivity contribution is -0.192. The number of likely N-dealkylation sites (tertiary alicyclic amines) is 1. The fourth-order valence-electron chi connectivity index (χ4n) is 3.31. The quantitative estimate of drug-likeness (QED) is 0.741. The molecule has 3 heterocycles. The minimum atomic E-state index is -5.08. The molecule has 1 atom stereocenters. The zero-order chi connectivity index (χ0) is 21.6. The molecular formula is C17H24F3N5O4. The van der Waals surface area contributed by atoms with Crippen LogP contribution in [0.25, 0.3) is 0 Å². The molecule has 2 aliphatic rings. The zero-order valence-electron chi connectivity index (χ0n) is 16.0. The van der Waals surface area contributed by atoms with E-state index < -0.39 is 12.1 Å². The van der Waals surface area contributed by atoms with Gasteiger partial charge in [-0.25, -0.2) is 4.79 Å². The van der Waals surface area contributed by atoms with Gasteiger partial charge in [-0.05, 0) is 18.9 Å². The topological polar surface area (TPSA) is 108 Å². The molecule has 1 aromatic rings. The standard InChI is InChI=1S/C15H23N5O2.C2HF3O2/c1-16-14(21)8-13-10-18(9-12-4-5-17-20(12)13)11-15(22)19-6-2-3-7-19;3-2(4,5)1(6)7/h4-5,13H,2-3,6-11H2,1H3,(H,16,21);(H,6,7). The van der Waals surface area contributed by atoms with E-state index in [0.717, 1.165) is 31.6 Å². The molecular weight excluding hydrogens is 395 g/mol. The smallest absolute Gasteiger partial charge is 0.475 e. The van der Waals surface area contributed by atoms with Gasteiger partial charge in [0.25, 0.3) is 0 Å². The fraction of sp³-hybridized carbons (Fsp3) is 0.647. The highest BCUT2D eigenvalue weighted by Gasteiger charge is 2.38. The van der Waals surface area contributed by atoms with Crippen molar-refractivity contribution < 1.29 is 32.7 Å². The molecule has 0 bridgehead atoms. The van der Waals surface area contributed by atoms with Gasteiger partial charge in [-0.2, -0.15) is 18.3 Å². The molecule has 0 aromatic carbocycles. The summed E-state index contributed by atoms with van der Waals surface area (Å²) in [6, 6.07) is 1.95. The predicted molar refractivity (Wildman–Crippen MR) is 94.7 cm³/mol. The molecule has 0 aliphatic carbocycles. The first-order chi connectivity index (χ1) is 13.6. The molecule has 1 fully saturated rings. The second-order valence-corrected chi connectivity index (χ2v) is 6.86. The first-order valence-corrected chi connectivity index (χ1v) is 9.15. The van der Waals surface area contributed by atoms with Crippen molar-refractivity contribution in [2.24, 2.45) is 0 Å². The van der Waals surface area contributed by atoms with Crippen LogP contribution in [-0.4, -0.2) is 81.9 Å². The number of fused-ring (bicyclic) bond motifs is 1. The molecule has 1 unspecified atom stereocenters. The van der Waals surface area contributed by atoms with Crippen LogP contribution in [0.2, 0.25) is 0 Å². The second kappa shape index (κ2) is 9.72. The Bertz CT molecular complexity index is 731. The average Bonchev–Trinajstić information content (AvgIpc) is 3.33. The molecule has 29 heavy (non-hydrogen) atoms. The van der Waals surface area contributed by atoms with Crippen molar-refractivity contribution in [2.75, 3.05) is 33.2 Å². The summed E-state index contributed by atoms with van der Waals surface area (Å²) < 4.78 is 33.7. The number of carboxylic acids is 1. The maximum Gasteiger partial charge on any atom is 0.490 e. The molecule has 0 saturated carbocycles. The summed E-state index contributed by atoms with van der Waals surface area (Å²) in [5, 5.41) is 14.1. The highest BCUT2D eigenvalue weighted by molar-refractivity contribution is 5.78. The van der Waals surface area contributed by atoms with Gasteiger partial charge in [0.15, 0.2) is 0 Å². The van der Waals surface area contributed by atoms with Crippen LogP contribution in [-0.2, 0) is 20.9 Å². The summed E-state index contributed by atoms with van der Waals surface area (Å²) in [4.78, 5) is 37.0. The van der Waals surface area contributed by atoms with Crippen LogP contribution in [0.4, 0.5) is 13.2 Å². The average molecular weight is 419 g/mol. The van der Waals surface area contributed by atoms with E-state index in [2.05, 4.69) is 15.3 Å². The van der Waals surface area contributed by atoms with Gasteiger partial charge in [-0.1, -0.05) is 0 Å². The van der Waals surface area contributed by atoms with Gasteiger partial charge in [-0.3, -0.25) is 19.2 Å². The van der Waals surface area contributed by atoms with Crippen molar-refractivity contribution in [3.05, 3.63) is 18.0 Å². The van der Waals surface area contributed by atoms with E-state index in [0.29, 0.717) is 26.1 Å². The number of rotatable bonds is 4. The number of hydrogen-bond acceptors (Lipinski definition) is 5. The summed E-state index contributed by atoms with van der Waals surface area (Å²) in [5.74, 6) is -2.56. The van der Waals surface area contributed by atoms with Crippen molar-refractivity contribution in [1.29, 1.82) is 0 Å². The van der Waals surface area contributed by atoms with Gasteiger partial charge >= 0.3 is 12.1 Å². The third-order valence-corrected chi connectivity index (χ3v) is 4.71. The van der Waals surface area contributed by atoms with Gasteiger partial charge in [-0.15, -0.1) is 0 Å². The van der Waals surface area contributed by atoms with Gasteiger partial charge in [0.2, 0.25) is 11.8 Å². The number of carbonyl (C=O) groups is 3. The Labute approximate surface area is 165 Å². The van der Waals surface area contributed by atoms with Crippen LogP contribution >= 0.6 is 0 Å². The predicted octanol–water partition coefficient (Wildman–Crippen LogP) is 0.632. The molecule has 2 N–H and O–H groups in total. The van der Waals surface area contributed by atoms with Crippen LogP contribution < -0.4 is 5.32 Å². The highest BCUT2D eigenvalue weighted by Crippen LogP contribution is 2.23. The Kier molecular flexibility index (Phi) is 7.59. The van der Waals surface area contributed by atoms with Crippen molar-refractivity contribution in [2.45, 2.75) is 38.0 Å². The lowest BCUT2D eigenvalue weighted by Crippen LogP contribution is -2.45. The largest absolute Gasteiger partial charge is 0.490 e. The normalized spacial score (nSPS) is 19.2. The summed E-state index contributed by atoms with van der Waals surface area (Å²) in [6.45, 7) is 3.58. The maximum atomic E-state index is 12.3. The molecule has 162 valence electrons. The van der Waals surface area contributed by atoms with E-state index in [4.69, 9.17) is 9.90 Å². The second-order valence-electron chi connectivity index (χ2n) is 6.86. The number of alkyl halides is 3. The molecule has 0 spiro atoms. The Morgan fingerprint density at radius 2 is 1.90 bits per heavy atom. The van der Waals surface area contributed by atoms with Gasteiger partial charge in [0, 0.05) is 39.4 Å². The molecule has 3 rings (SSSR count). The molecule has 12 heteroatoms. The molecule has 1 saturated heterocycles. The lowest BCUT2D eigenvalue weighted by atomic mass is 10.1. The molecule has 9 nitrogen and oxygen atoms in total. The van der Waals surface area contributed by atoms with Crippen LogP contribution in [0.3, 0.4) is 0 Å². The van der Waals surface area contributed by atoms with Crippen molar-refractivity contribution in [3.8, 4) is 0 Å². The van der Waals surface area contributed by atoms with E-state index in [9.17, 15) is 22.8 Å². The third kappa shape index (κ3) is 6.44. The van der Waals surface area contributed by atoms with Crippen LogP contribution in [0, 0.1) is 0 Å². The minimum Gasteiger partial charge on any atom is -0.475 e. The number of halogens is 3. The Hall–Kier alpha value is -2.63. The molecule has 1 aromatic heterocycles. The monoisotopic (exact) mass is 419 g/mol. The van der Waals surface area contributed by atoms with E-state index >= 15 is 0 Å². The number of nitrogens with one attached hydrogen (secondary N) is 1. The summed E-state index contributed by atoms with van der Waals surface area (Å²) in [7, 11) is 1.64. The number of amides is 2. The van der Waals surface area contributed by atoms with Gasteiger partial charge in [0.05, 0.1) is 24.7 Å². The van der Waals surface area contributed by atoms with Crippen molar-refractivity contribution in [1.82, 2.24) is 24.9 Å². The first-order valence-electron chi connectivity index (χ1n) is 9.15. The van der Waals surface area contributed by atoms with E-state index in [1.807, 2.05) is 15.6 Å². The van der Waals surface area contributed by atoms with E-state index in [1.54, 1.807) is 13.2 Å². The van der Waals surface area contributed by atoms with Crippen LogP contribution in [0.15, 0.2) is 12.3 Å². The third-order valence-electron chi connectivity index (χ3n) is 4.71. The van der Waals surface area contributed by atoms with Gasteiger partial charge in [0.1, 0.15) is 0 Å². The Balaban J connectivity index is 0.000000370. The summed E-state index contributed by atoms with van der Waals surface area (Å²) in [6.07, 6.45) is -0.715. The maximum absolute atomic E-state index is 12.3. The number of carbonyl (C=O) groups excluding carboxylic acids is 2. The number of aromatic nitrogens is 2. The number of nitrogens with zero attached hydrogens (tertiary/aromatic N) is 4. The van der Waals surface area contributed by atoms with Crippen molar-refractivity contribution in [3.63, 3.8) is 0 Å². The molecule has 0 radical (unpaired) electrons. The van der Waals surface area contributed by atoms with E-state index in [-0.39, 0.29) is 17.9 Å². The van der Waals surface area contributed by atoms with Gasteiger partial charge < -0.3 is 15.3 Å². The Morgan fingerprint density at radius 1 is 1.28 bits per heavy atom. The number of carboxylic acid groups (broad SMARTS) is 1. The zero-order valence-corrected chi connectivity index (χ0v) is 16.0. The molecule has 2 amide bonds. The first kappa shape index (κ1) is 22.7. The minimum absolute atomic E-state index is 0.000769. The molecule has 2 aliphatic heterocycles. The Morgan fingerprint density at radius 3 is 2.45 bits per heavy atom. The number of hydrogen-bond donors (Lipinski definition) is 2. The number of aliphatic carboxylic acids is 1. The van der Waals surface area contributed by atoms with Crippen LogP contribution in [0.5, 0.6) is 0 Å². The van der Waals surface area contributed by atoms with E-state index in [1.165, 1.54) is 0 Å². The van der Waals surface area contributed by atoms with Crippen LogP contribution in [0.1, 0.15) is 31.0 Å². The van der Waals surface area contributed by atoms with Crippen molar-refractivity contribution >= 4 is 17.8 Å². The summed E-state index contributed by atoms with van der Waals surface area (Å²) >= 11 is 0. The summed E-state index contributed by atoms with van der Waals surface area (Å²) in [5.41, 5.74) is 1.06. The highest BCUT2D eigenvalue weighted by atomic mass is 19.4.